The van der Waals surface area contributed by atoms with E-state index in [1.807, 2.05) is 62.4 Å². The molecule has 3 aromatic carbocycles. The van der Waals surface area contributed by atoms with Gasteiger partial charge in [0.15, 0.2) is 6.61 Å². The van der Waals surface area contributed by atoms with Crippen molar-refractivity contribution in [2.45, 2.75) is 13.8 Å². The van der Waals surface area contributed by atoms with Crippen LogP contribution in [0.25, 0.3) is 22.7 Å². The second-order valence-electron chi connectivity index (χ2n) is 7.59. The first-order chi connectivity index (χ1) is 15.9. The predicted octanol–water partition coefficient (Wildman–Crippen LogP) is 6.02. The number of allylic oxidation sites excluding steroid dienone is 1. The first kappa shape index (κ1) is 22.3. The third-order valence-corrected chi connectivity index (χ3v) is 5.84. The second-order valence-corrected chi connectivity index (χ2v) is 8.45. The van der Waals surface area contributed by atoms with Crippen molar-refractivity contribution in [3.8, 4) is 11.8 Å². The van der Waals surface area contributed by atoms with Crippen LogP contribution < -0.4 is 10.1 Å². The molecule has 6 nitrogen and oxygen atoms in total. The molecule has 0 bridgehead atoms. The van der Waals surface area contributed by atoms with Crippen molar-refractivity contribution in [2.24, 2.45) is 0 Å². The Hall–Kier alpha value is -3.89. The zero-order valence-electron chi connectivity index (χ0n) is 18.1. The fourth-order valence-electron chi connectivity index (χ4n) is 3.27. The van der Waals surface area contributed by atoms with Crippen LogP contribution in [0.4, 0.5) is 5.69 Å². The first-order valence-electron chi connectivity index (χ1n) is 10.3. The molecule has 33 heavy (non-hydrogen) atoms. The number of amides is 1. The molecule has 0 aliphatic heterocycles. The number of imidazole rings is 1. The Morgan fingerprint density at radius 2 is 1.88 bits per heavy atom. The van der Waals surface area contributed by atoms with Crippen LogP contribution in [-0.2, 0) is 4.79 Å². The van der Waals surface area contributed by atoms with E-state index >= 15 is 0 Å². The molecular weight excluding hydrogens is 480 g/mol. The van der Waals surface area contributed by atoms with E-state index in [1.54, 1.807) is 18.2 Å². The van der Waals surface area contributed by atoms with Crippen LogP contribution in [0.1, 0.15) is 22.5 Å². The molecule has 0 atom stereocenters. The molecule has 0 radical (unpaired) electrons. The third kappa shape index (κ3) is 5.30. The van der Waals surface area contributed by atoms with Gasteiger partial charge in [0.2, 0.25) is 0 Å². The molecule has 0 unspecified atom stereocenters. The van der Waals surface area contributed by atoms with E-state index in [0.717, 1.165) is 32.2 Å². The summed E-state index contributed by atoms with van der Waals surface area (Å²) >= 11 is 3.48. The summed E-state index contributed by atoms with van der Waals surface area (Å²) in [6.45, 7) is 3.90. The van der Waals surface area contributed by atoms with E-state index in [0.29, 0.717) is 22.8 Å². The molecule has 1 aromatic heterocycles. The van der Waals surface area contributed by atoms with Crippen molar-refractivity contribution in [3.05, 3.63) is 87.7 Å². The maximum Gasteiger partial charge on any atom is 0.262 e. The topological polar surface area (TPSA) is 90.8 Å². The lowest BCUT2D eigenvalue weighted by Gasteiger charge is -2.11. The van der Waals surface area contributed by atoms with Gasteiger partial charge in [0.05, 0.1) is 22.3 Å². The molecule has 0 spiro atoms. The summed E-state index contributed by atoms with van der Waals surface area (Å²) in [4.78, 5) is 19.9. The molecule has 1 amide bonds. The van der Waals surface area contributed by atoms with Gasteiger partial charge < -0.3 is 15.0 Å². The van der Waals surface area contributed by atoms with E-state index < -0.39 is 0 Å². The van der Waals surface area contributed by atoms with Crippen molar-refractivity contribution in [3.63, 3.8) is 0 Å². The number of para-hydroxylation sites is 2. The van der Waals surface area contributed by atoms with E-state index in [-0.39, 0.29) is 12.5 Å². The number of rotatable bonds is 6. The van der Waals surface area contributed by atoms with Gasteiger partial charge in [-0.3, -0.25) is 4.79 Å². The smallest absolute Gasteiger partial charge is 0.262 e. The summed E-state index contributed by atoms with van der Waals surface area (Å²) in [6.07, 6.45) is 1.76. The maximum atomic E-state index is 12.3. The molecule has 0 saturated carbocycles. The molecule has 2 N–H and O–H groups in total. The van der Waals surface area contributed by atoms with Crippen LogP contribution in [0.15, 0.2) is 65.1 Å². The average Bonchev–Trinajstić information content (AvgIpc) is 3.24. The number of hydrogen-bond donors (Lipinski definition) is 2. The largest absolute Gasteiger partial charge is 0.484 e. The molecule has 0 saturated heterocycles. The number of aromatic nitrogens is 2. The number of nitriles is 1. The molecular formula is C26H21BrN4O2. The summed E-state index contributed by atoms with van der Waals surface area (Å²) < 4.78 is 6.44. The van der Waals surface area contributed by atoms with Gasteiger partial charge in [-0.25, -0.2) is 4.98 Å². The highest BCUT2D eigenvalue weighted by Crippen LogP contribution is 2.26. The van der Waals surface area contributed by atoms with Crippen molar-refractivity contribution >= 4 is 50.2 Å². The Bertz CT molecular complexity index is 1370. The fourth-order valence-corrected chi connectivity index (χ4v) is 3.83. The second kappa shape index (κ2) is 9.72. The maximum absolute atomic E-state index is 12.3. The van der Waals surface area contributed by atoms with Gasteiger partial charge in [-0.05, 0) is 88.9 Å². The Balaban J connectivity index is 1.40. The number of H-pyrrole nitrogens is 1. The number of nitrogens with one attached hydrogen (secondary N) is 2. The van der Waals surface area contributed by atoms with Crippen LogP contribution in [0.5, 0.6) is 5.75 Å². The molecule has 0 aliphatic carbocycles. The van der Waals surface area contributed by atoms with Gasteiger partial charge in [-0.15, -0.1) is 0 Å². The Labute approximate surface area is 200 Å². The molecule has 0 aliphatic rings. The summed E-state index contributed by atoms with van der Waals surface area (Å²) in [6, 6.07) is 20.9. The highest BCUT2D eigenvalue weighted by Gasteiger charge is 2.10. The summed E-state index contributed by atoms with van der Waals surface area (Å²) in [5.41, 5.74) is 5.89. The van der Waals surface area contributed by atoms with Crippen LogP contribution >= 0.6 is 15.9 Å². The Morgan fingerprint density at radius 3 is 2.61 bits per heavy atom. The van der Waals surface area contributed by atoms with Gasteiger partial charge in [-0.1, -0.05) is 24.3 Å². The number of ether oxygens (including phenoxy) is 1. The zero-order chi connectivity index (χ0) is 23.4. The quantitative estimate of drug-likeness (QED) is 0.316. The van der Waals surface area contributed by atoms with E-state index in [9.17, 15) is 10.1 Å². The van der Waals surface area contributed by atoms with Gasteiger partial charge in [0.1, 0.15) is 17.6 Å². The minimum atomic E-state index is -0.250. The van der Waals surface area contributed by atoms with E-state index in [2.05, 4.69) is 37.3 Å². The number of fused-ring (bicyclic) bond motifs is 1. The van der Waals surface area contributed by atoms with Crippen molar-refractivity contribution in [1.29, 1.82) is 5.26 Å². The molecule has 0 fully saturated rings. The van der Waals surface area contributed by atoms with Crippen LogP contribution in [0.2, 0.25) is 0 Å². The SMILES string of the molecule is Cc1cc(Br)c(NC(=O)COc2ccc(C=C(C#N)c3nc4ccccc4[nH]3)cc2)cc1C. The highest BCUT2D eigenvalue weighted by atomic mass is 79.9. The van der Waals surface area contributed by atoms with Crippen LogP contribution in [0.3, 0.4) is 0 Å². The lowest BCUT2D eigenvalue weighted by molar-refractivity contribution is -0.118. The minimum absolute atomic E-state index is 0.114. The molecule has 7 heteroatoms. The summed E-state index contributed by atoms with van der Waals surface area (Å²) in [5, 5.41) is 12.4. The number of halogens is 1. The van der Waals surface area contributed by atoms with E-state index in [1.165, 1.54) is 0 Å². The predicted molar refractivity (Wildman–Crippen MR) is 134 cm³/mol. The normalized spacial score (nSPS) is 11.3. The van der Waals surface area contributed by atoms with E-state index in [4.69, 9.17) is 4.74 Å². The molecule has 4 rings (SSSR count). The first-order valence-corrected chi connectivity index (χ1v) is 11.1. The van der Waals surface area contributed by atoms with Gasteiger partial charge in [-0.2, -0.15) is 5.26 Å². The number of carbonyl (C=O) groups excluding carboxylic acids is 1. The van der Waals surface area contributed by atoms with Crippen molar-refractivity contribution in [1.82, 2.24) is 9.97 Å². The monoisotopic (exact) mass is 500 g/mol. The Kier molecular flexibility index (Phi) is 6.57. The van der Waals surface area contributed by atoms with Crippen LogP contribution in [0, 0.1) is 25.2 Å². The number of hydrogen-bond acceptors (Lipinski definition) is 4. The standard InChI is InChI=1S/C26H21BrN4O2/c1-16-11-21(27)24(12-17(16)2)29-25(32)15-33-20-9-7-18(8-10-20)13-19(14-28)26-30-22-5-3-4-6-23(22)31-26/h3-13H,15H2,1-2H3,(H,29,32)(H,30,31). The number of carbonyl (C=O) groups is 1. The van der Waals surface area contributed by atoms with Gasteiger partial charge in [0.25, 0.3) is 5.91 Å². The van der Waals surface area contributed by atoms with Gasteiger partial charge >= 0.3 is 0 Å². The van der Waals surface area contributed by atoms with Crippen LogP contribution in [-0.4, -0.2) is 22.5 Å². The Morgan fingerprint density at radius 1 is 1.15 bits per heavy atom. The lowest BCUT2D eigenvalue weighted by Crippen LogP contribution is -2.20. The highest BCUT2D eigenvalue weighted by molar-refractivity contribution is 9.10. The van der Waals surface area contributed by atoms with Crippen molar-refractivity contribution < 1.29 is 9.53 Å². The average molecular weight is 501 g/mol. The molecule has 4 aromatic rings. The summed E-state index contributed by atoms with van der Waals surface area (Å²) in [7, 11) is 0. The lowest BCUT2D eigenvalue weighted by atomic mass is 10.1. The minimum Gasteiger partial charge on any atom is -0.484 e. The fraction of sp³-hybridized carbons (Fsp3) is 0.115. The number of aryl methyl sites for hydroxylation is 2. The molecule has 164 valence electrons. The number of nitrogens with zero attached hydrogens (tertiary/aromatic N) is 2. The van der Waals surface area contributed by atoms with Gasteiger partial charge in [0, 0.05) is 4.47 Å². The zero-order valence-corrected chi connectivity index (χ0v) is 19.7. The van der Waals surface area contributed by atoms with Crippen molar-refractivity contribution in [2.75, 3.05) is 11.9 Å². The number of benzene rings is 3. The number of anilines is 1. The number of aromatic amines is 1. The molecule has 1 heterocycles. The third-order valence-electron chi connectivity index (χ3n) is 5.18. The summed E-state index contributed by atoms with van der Waals surface area (Å²) in [5.74, 6) is 0.830.